The van der Waals surface area contributed by atoms with Crippen LogP contribution in [0.25, 0.3) is 11.0 Å². The number of hydrogen-bond donors (Lipinski definition) is 1. The van der Waals surface area contributed by atoms with Crippen molar-refractivity contribution in [2.45, 2.75) is 6.54 Å². The van der Waals surface area contributed by atoms with E-state index in [0.29, 0.717) is 17.7 Å². The molecule has 0 saturated heterocycles. The second kappa shape index (κ2) is 3.03. The summed E-state index contributed by atoms with van der Waals surface area (Å²) in [4.78, 5) is 10.5. The summed E-state index contributed by atoms with van der Waals surface area (Å²) in [6.07, 6.45) is 0.796. The van der Waals surface area contributed by atoms with E-state index in [1.807, 2.05) is 12.1 Å². The fourth-order valence-electron chi connectivity index (χ4n) is 1.28. The molecule has 2 aromatic rings. The lowest BCUT2D eigenvalue weighted by Gasteiger charge is -1.89. The lowest BCUT2D eigenvalue weighted by molar-refractivity contribution is 0.112. The largest absolute Gasteiger partial charge is 0.460 e. The van der Waals surface area contributed by atoms with Gasteiger partial charge >= 0.3 is 0 Å². The van der Waals surface area contributed by atoms with Gasteiger partial charge in [-0.15, -0.1) is 0 Å². The minimum Gasteiger partial charge on any atom is -0.460 e. The van der Waals surface area contributed by atoms with Crippen molar-refractivity contribution in [1.82, 2.24) is 0 Å². The molecule has 0 spiro atoms. The van der Waals surface area contributed by atoms with Crippen LogP contribution in [-0.2, 0) is 6.54 Å². The Morgan fingerprint density at radius 2 is 2.23 bits per heavy atom. The Hall–Kier alpha value is -1.61. The van der Waals surface area contributed by atoms with Gasteiger partial charge in [0, 0.05) is 10.9 Å². The van der Waals surface area contributed by atoms with Crippen LogP contribution >= 0.6 is 0 Å². The molecule has 0 aliphatic carbocycles. The first-order valence-corrected chi connectivity index (χ1v) is 4.01. The van der Waals surface area contributed by atoms with Gasteiger partial charge in [-0.3, -0.25) is 4.79 Å². The monoisotopic (exact) mass is 175 g/mol. The Bertz CT molecular complexity index is 445. The molecule has 1 aromatic heterocycles. The number of rotatable bonds is 2. The third kappa shape index (κ3) is 1.34. The minimum atomic E-state index is 0.380. The van der Waals surface area contributed by atoms with Gasteiger partial charge in [-0.2, -0.15) is 0 Å². The summed E-state index contributed by atoms with van der Waals surface area (Å²) in [5.41, 5.74) is 6.75. The van der Waals surface area contributed by atoms with Crippen LogP contribution < -0.4 is 5.73 Å². The van der Waals surface area contributed by atoms with E-state index in [4.69, 9.17) is 10.2 Å². The quantitative estimate of drug-likeness (QED) is 0.707. The van der Waals surface area contributed by atoms with Gasteiger partial charge in [0.1, 0.15) is 17.6 Å². The number of hydrogen-bond acceptors (Lipinski definition) is 3. The SMILES string of the molecule is NCc1cc2ccc(C=O)cc2o1. The normalized spacial score (nSPS) is 10.5. The average Bonchev–Trinajstić information content (AvgIpc) is 2.58. The number of carbonyl (C=O) groups is 1. The molecule has 0 bridgehead atoms. The van der Waals surface area contributed by atoms with Gasteiger partial charge in [0.25, 0.3) is 0 Å². The number of benzene rings is 1. The van der Waals surface area contributed by atoms with E-state index in [-0.39, 0.29) is 0 Å². The van der Waals surface area contributed by atoms with Gasteiger partial charge in [-0.05, 0) is 12.1 Å². The van der Waals surface area contributed by atoms with Crippen LogP contribution in [0.15, 0.2) is 28.7 Å². The van der Waals surface area contributed by atoms with Crippen LogP contribution in [0, 0.1) is 0 Å². The predicted octanol–water partition coefficient (Wildman–Crippen LogP) is 1.70. The van der Waals surface area contributed by atoms with Gasteiger partial charge in [-0.25, -0.2) is 0 Å². The van der Waals surface area contributed by atoms with Crippen LogP contribution in [-0.4, -0.2) is 6.29 Å². The van der Waals surface area contributed by atoms with Crippen LogP contribution in [0.1, 0.15) is 16.1 Å². The zero-order chi connectivity index (χ0) is 9.26. The lowest BCUT2D eigenvalue weighted by Crippen LogP contribution is -1.92. The molecule has 0 aliphatic heterocycles. The molecule has 2 N–H and O–H groups in total. The Labute approximate surface area is 75.1 Å². The maximum absolute atomic E-state index is 10.5. The van der Waals surface area contributed by atoms with Gasteiger partial charge in [0.2, 0.25) is 0 Å². The Morgan fingerprint density at radius 3 is 2.92 bits per heavy atom. The molecule has 0 saturated carbocycles. The number of fused-ring (bicyclic) bond motifs is 1. The molecule has 1 heterocycles. The summed E-state index contributed by atoms with van der Waals surface area (Å²) < 4.78 is 5.38. The van der Waals surface area contributed by atoms with Crippen molar-refractivity contribution in [3.8, 4) is 0 Å². The molecule has 0 amide bonds. The molecule has 0 unspecified atom stereocenters. The molecule has 2 rings (SSSR count). The Kier molecular flexibility index (Phi) is 1.87. The predicted molar refractivity (Wildman–Crippen MR) is 49.5 cm³/mol. The summed E-state index contributed by atoms with van der Waals surface area (Å²) in [5.74, 6) is 0.734. The maximum atomic E-state index is 10.5. The first-order valence-electron chi connectivity index (χ1n) is 4.01. The highest BCUT2D eigenvalue weighted by Crippen LogP contribution is 2.19. The standard InChI is InChI=1S/C10H9NO2/c11-5-9-4-8-2-1-7(6-12)3-10(8)13-9/h1-4,6H,5,11H2. The van der Waals surface area contributed by atoms with Crippen molar-refractivity contribution in [3.05, 3.63) is 35.6 Å². The Morgan fingerprint density at radius 1 is 1.38 bits per heavy atom. The van der Waals surface area contributed by atoms with Crippen molar-refractivity contribution < 1.29 is 9.21 Å². The molecule has 0 aliphatic rings. The maximum Gasteiger partial charge on any atom is 0.150 e. The van der Waals surface area contributed by atoms with Crippen LogP contribution in [0.4, 0.5) is 0 Å². The van der Waals surface area contributed by atoms with Gasteiger partial charge < -0.3 is 10.2 Å². The molecular formula is C10H9NO2. The molecule has 0 radical (unpaired) electrons. The van der Waals surface area contributed by atoms with Gasteiger partial charge in [0.15, 0.2) is 0 Å². The van der Waals surface area contributed by atoms with Crippen molar-refractivity contribution in [1.29, 1.82) is 0 Å². The smallest absolute Gasteiger partial charge is 0.150 e. The summed E-state index contributed by atoms with van der Waals surface area (Å²) in [6.45, 7) is 0.380. The number of furan rings is 1. The highest BCUT2D eigenvalue weighted by Gasteiger charge is 2.02. The lowest BCUT2D eigenvalue weighted by atomic mass is 10.2. The minimum absolute atomic E-state index is 0.380. The second-order valence-corrected chi connectivity index (χ2v) is 2.83. The van der Waals surface area contributed by atoms with E-state index in [1.54, 1.807) is 12.1 Å². The van der Waals surface area contributed by atoms with Crippen molar-refractivity contribution in [3.63, 3.8) is 0 Å². The summed E-state index contributed by atoms with van der Waals surface area (Å²) in [5, 5.41) is 0.978. The summed E-state index contributed by atoms with van der Waals surface area (Å²) >= 11 is 0. The fraction of sp³-hybridized carbons (Fsp3) is 0.100. The first kappa shape index (κ1) is 8.01. The van der Waals surface area contributed by atoms with Gasteiger partial charge in [-0.1, -0.05) is 12.1 Å². The van der Waals surface area contributed by atoms with E-state index >= 15 is 0 Å². The number of aldehydes is 1. The van der Waals surface area contributed by atoms with Gasteiger partial charge in [0.05, 0.1) is 6.54 Å². The first-order chi connectivity index (χ1) is 6.33. The van der Waals surface area contributed by atoms with E-state index in [9.17, 15) is 4.79 Å². The highest BCUT2D eigenvalue weighted by atomic mass is 16.3. The van der Waals surface area contributed by atoms with Crippen LogP contribution in [0.2, 0.25) is 0 Å². The number of carbonyl (C=O) groups excluding carboxylic acids is 1. The molecule has 3 heteroatoms. The molecule has 1 aromatic carbocycles. The molecule has 3 nitrogen and oxygen atoms in total. The molecule has 66 valence electrons. The van der Waals surface area contributed by atoms with E-state index in [2.05, 4.69) is 0 Å². The van der Waals surface area contributed by atoms with Crippen LogP contribution in [0.5, 0.6) is 0 Å². The Balaban J connectivity index is 2.63. The highest BCUT2D eigenvalue weighted by molar-refractivity contribution is 5.85. The van der Waals surface area contributed by atoms with E-state index < -0.39 is 0 Å². The zero-order valence-electron chi connectivity index (χ0n) is 6.99. The summed E-state index contributed by atoms with van der Waals surface area (Å²) in [7, 11) is 0. The number of nitrogens with two attached hydrogens (primary N) is 1. The second-order valence-electron chi connectivity index (χ2n) is 2.83. The van der Waals surface area contributed by atoms with E-state index in [1.165, 1.54) is 0 Å². The van der Waals surface area contributed by atoms with Crippen LogP contribution in [0.3, 0.4) is 0 Å². The van der Waals surface area contributed by atoms with Crippen molar-refractivity contribution >= 4 is 17.3 Å². The third-order valence-corrected chi connectivity index (χ3v) is 1.93. The molecular weight excluding hydrogens is 166 g/mol. The topological polar surface area (TPSA) is 56.2 Å². The zero-order valence-corrected chi connectivity index (χ0v) is 6.99. The molecule has 0 fully saturated rings. The molecule has 13 heavy (non-hydrogen) atoms. The fourth-order valence-corrected chi connectivity index (χ4v) is 1.28. The van der Waals surface area contributed by atoms with Crippen molar-refractivity contribution in [2.24, 2.45) is 5.73 Å². The average molecular weight is 175 g/mol. The summed E-state index contributed by atoms with van der Waals surface area (Å²) in [6, 6.07) is 7.19. The molecule has 0 atom stereocenters. The third-order valence-electron chi connectivity index (χ3n) is 1.93. The van der Waals surface area contributed by atoms with Crippen molar-refractivity contribution in [2.75, 3.05) is 0 Å². The van der Waals surface area contributed by atoms with E-state index in [0.717, 1.165) is 17.4 Å².